The summed E-state index contributed by atoms with van der Waals surface area (Å²) in [4.78, 5) is 7.42. The lowest BCUT2D eigenvalue weighted by atomic mass is 10.2. The minimum Gasteiger partial charge on any atom is -0.379 e. The van der Waals surface area contributed by atoms with Crippen LogP contribution in [0.5, 0.6) is 0 Å². The molecule has 2 aliphatic rings. The van der Waals surface area contributed by atoms with Crippen LogP contribution in [0, 0.1) is 0 Å². The molecule has 1 aromatic rings. The second kappa shape index (κ2) is 10.8. The van der Waals surface area contributed by atoms with Gasteiger partial charge in [0.2, 0.25) is 0 Å². The highest BCUT2D eigenvalue weighted by atomic mass is 32.1. The zero-order valence-corrected chi connectivity index (χ0v) is 17.2. The molecule has 0 bridgehead atoms. The molecule has 3 rings (SSSR count). The van der Waals surface area contributed by atoms with Crippen molar-refractivity contribution < 1.29 is 4.74 Å². The van der Waals surface area contributed by atoms with E-state index in [0.717, 1.165) is 77.2 Å². The Morgan fingerprint density at radius 1 is 1.04 bits per heavy atom. The second-order valence-corrected chi connectivity index (χ2v) is 7.71. The van der Waals surface area contributed by atoms with E-state index in [4.69, 9.17) is 17.0 Å². The summed E-state index contributed by atoms with van der Waals surface area (Å²) < 4.78 is 5.37. The molecule has 0 saturated carbocycles. The maximum Gasteiger partial charge on any atom is 0.166 e. The zero-order chi connectivity index (χ0) is 18.9. The Kier molecular flexibility index (Phi) is 8.13. The molecule has 2 aliphatic heterocycles. The first-order valence-corrected chi connectivity index (χ1v) is 10.5. The topological polar surface area (TPSA) is 43.0 Å². The average molecular weight is 392 g/mol. The van der Waals surface area contributed by atoms with Gasteiger partial charge in [0.1, 0.15) is 0 Å². The highest BCUT2D eigenvalue weighted by Crippen LogP contribution is 2.16. The van der Waals surface area contributed by atoms with Crippen molar-refractivity contribution in [3.05, 3.63) is 30.3 Å². The smallest absolute Gasteiger partial charge is 0.166 e. The van der Waals surface area contributed by atoms with E-state index in [0.29, 0.717) is 6.04 Å². The summed E-state index contributed by atoms with van der Waals surface area (Å²) in [6.07, 6.45) is 0. The van der Waals surface area contributed by atoms with Gasteiger partial charge in [-0.2, -0.15) is 0 Å². The van der Waals surface area contributed by atoms with Gasteiger partial charge in [0.05, 0.1) is 13.2 Å². The molecule has 6 nitrogen and oxygen atoms in total. The zero-order valence-electron chi connectivity index (χ0n) is 16.4. The summed E-state index contributed by atoms with van der Waals surface area (Å²) in [6, 6.07) is 11.2. The maximum absolute atomic E-state index is 5.43. The third kappa shape index (κ3) is 6.60. The van der Waals surface area contributed by atoms with Gasteiger partial charge in [-0.3, -0.25) is 9.80 Å². The predicted octanol–water partition coefficient (Wildman–Crippen LogP) is 0.993. The van der Waals surface area contributed by atoms with E-state index >= 15 is 0 Å². The van der Waals surface area contributed by atoms with Gasteiger partial charge in [0.15, 0.2) is 5.11 Å². The van der Waals surface area contributed by atoms with Gasteiger partial charge >= 0.3 is 0 Å². The van der Waals surface area contributed by atoms with Gasteiger partial charge in [-0.05, 0) is 31.3 Å². The van der Waals surface area contributed by atoms with Crippen molar-refractivity contribution >= 4 is 23.0 Å². The summed E-state index contributed by atoms with van der Waals surface area (Å²) in [5.74, 6) is 0. The van der Waals surface area contributed by atoms with Crippen LogP contribution in [0.2, 0.25) is 0 Å². The normalized spacial score (nSPS) is 20.3. The van der Waals surface area contributed by atoms with E-state index in [2.05, 4.69) is 62.6 Å². The Morgan fingerprint density at radius 3 is 2.44 bits per heavy atom. The fraction of sp³-hybridized carbons (Fsp3) is 0.650. The number of benzene rings is 1. The first kappa shape index (κ1) is 20.3. The Bertz CT molecular complexity index is 559. The van der Waals surface area contributed by atoms with Gasteiger partial charge in [-0.15, -0.1) is 0 Å². The molecule has 27 heavy (non-hydrogen) atoms. The number of nitrogens with zero attached hydrogens (tertiary/aromatic N) is 3. The van der Waals surface area contributed by atoms with Gasteiger partial charge in [-0.1, -0.05) is 18.2 Å². The number of morpholine rings is 1. The summed E-state index contributed by atoms with van der Waals surface area (Å²) in [5, 5.41) is 7.47. The van der Waals surface area contributed by atoms with Crippen LogP contribution < -0.4 is 15.5 Å². The van der Waals surface area contributed by atoms with Gasteiger partial charge in [0, 0.05) is 70.6 Å². The number of nitrogens with one attached hydrogen (secondary N) is 2. The van der Waals surface area contributed by atoms with Crippen molar-refractivity contribution in [2.24, 2.45) is 0 Å². The van der Waals surface area contributed by atoms with Crippen molar-refractivity contribution in [3.8, 4) is 0 Å². The summed E-state index contributed by atoms with van der Waals surface area (Å²) in [7, 11) is 0. The number of piperazine rings is 1. The highest BCUT2D eigenvalue weighted by molar-refractivity contribution is 7.80. The Labute approximate surface area is 168 Å². The molecule has 0 aromatic heterocycles. The molecule has 0 aliphatic carbocycles. The van der Waals surface area contributed by atoms with Crippen molar-refractivity contribution in [1.29, 1.82) is 0 Å². The summed E-state index contributed by atoms with van der Waals surface area (Å²) >= 11 is 5.43. The molecular formula is C20H33N5OS. The van der Waals surface area contributed by atoms with E-state index in [9.17, 15) is 0 Å². The molecule has 1 atom stereocenters. The fourth-order valence-corrected chi connectivity index (χ4v) is 3.83. The van der Waals surface area contributed by atoms with Gasteiger partial charge in [-0.25, -0.2) is 0 Å². The third-order valence-corrected chi connectivity index (χ3v) is 5.72. The molecule has 2 N–H and O–H groups in total. The SMILES string of the molecule is CC(CNC(=S)NCCN1CCOCC1)N1CCN(c2ccccc2)CC1. The highest BCUT2D eigenvalue weighted by Gasteiger charge is 2.21. The van der Waals surface area contributed by atoms with Crippen LogP contribution in [0.4, 0.5) is 5.69 Å². The maximum atomic E-state index is 5.43. The van der Waals surface area contributed by atoms with Crippen LogP contribution >= 0.6 is 12.2 Å². The minimum absolute atomic E-state index is 0.474. The van der Waals surface area contributed by atoms with Gasteiger partial charge < -0.3 is 20.3 Å². The number of hydrogen-bond donors (Lipinski definition) is 2. The fourth-order valence-electron chi connectivity index (χ4n) is 3.64. The minimum atomic E-state index is 0.474. The van der Waals surface area contributed by atoms with Crippen molar-refractivity contribution in [2.45, 2.75) is 13.0 Å². The standard InChI is InChI=1S/C20H33N5OS/c1-18(17-22-20(27)21-7-8-23-13-15-26-16-14-23)24-9-11-25(12-10-24)19-5-3-2-4-6-19/h2-6,18H,7-17H2,1H3,(H2,21,22,27). The van der Waals surface area contributed by atoms with E-state index in [-0.39, 0.29) is 0 Å². The number of para-hydroxylation sites is 1. The summed E-state index contributed by atoms with van der Waals surface area (Å²) in [6.45, 7) is 13.1. The van der Waals surface area contributed by atoms with E-state index in [1.807, 2.05) is 0 Å². The third-order valence-electron chi connectivity index (χ3n) is 5.43. The number of thiocarbonyl (C=S) groups is 1. The molecule has 0 amide bonds. The van der Waals surface area contributed by atoms with Crippen LogP contribution in [0.1, 0.15) is 6.92 Å². The van der Waals surface area contributed by atoms with E-state index in [1.165, 1.54) is 5.69 Å². The molecule has 0 radical (unpaired) electrons. The monoisotopic (exact) mass is 391 g/mol. The molecule has 7 heteroatoms. The first-order valence-electron chi connectivity index (χ1n) is 10.1. The Balaban J connectivity index is 1.29. The number of ether oxygens (including phenoxy) is 1. The van der Waals surface area contributed by atoms with Crippen molar-refractivity contribution in [3.63, 3.8) is 0 Å². The van der Waals surface area contributed by atoms with Crippen LogP contribution in [0.3, 0.4) is 0 Å². The van der Waals surface area contributed by atoms with E-state index < -0.39 is 0 Å². The number of rotatable bonds is 7. The van der Waals surface area contributed by atoms with Crippen LogP contribution in [-0.4, -0.2) is 93.1 Å². The molecule has 2 saturated heterocycles. The summed E-state index contributed by atoms with van der Waals surface area (Å²) in [5.41, 5.74) is 1.33. The Hall–Kier alpha value is -1.41. The largest absolute Gasteiger partial charge is 0.379 e. The molecule has 2 heterocycles. The van der Waals surface area contributed by atoms with Crippen LogP contribution in [0.25, 0.3) is 0 Å². The van der Waals surface area contributed by atoms with Crippen LogP contribution in [-0.2, 0) is 4.74 Å². The lowest BCUT2D eigenvalue weighted by Crippen LogP contribution is -2.53. The lowest BCUT2D eigenvalue weighted by molar-refractivity contribution is 0.0389. The number of anilines is 1. The second-order valence-electron chi connectivity index (χ2n) is 7.30. The quantitative estimate of drug-likeness (QED) is 0.672. The van der Waals surface area contributed by atoms with Crippen LogP contribution in [0.15, 0.2) is 30.3 Å². The molecular weight excluding hydrogens is 358 g/mol. The van der Waals surface area contributed by atoms with E-state index in [1.54, 1.807) is 0 Å². The molecule has 2 fully saturated rings. The Morgan fingerprint density at radius 2 is 1.74 bits per heavy atom. The lowest BCUT2D eigenvalue weighted by Gasteiger charge is -2.39. The molecule has 150 valence electrons. The number of hydrogen-bond acceptors (Lipinski definition) is 5. The average Bonchev–Trinajstić information content (AvgIpc) is 2.73. The first-order chi connectivity index (χ1) is 13.2. The molecule has 0 spiro atoms. The molecule has 1 aromatic carbocycles. The predicted molar refractivity (Wildman–Crippen MR) is 116 cm³/mol. The molecule has 1 unspecified atom stereocenters. The van der Waals surface area contributed by atoms with Crippen molar-refractivity contribution in [1.82, 2.24) is 20.4 Å². The van der Waals surface area contributed by atoms with Crippen molar-refractivity contribution in [2.75, 3.05) is 77.0 Å². The van der Waals surface area contributed by atoms with Gasteiger partial charge in [0.25, 0.3) is 0 Å².